The summed E-state index contributed by atoms with van der Waals surface area (Å²) in [6.45, 7) is 2.42. The van der Waals surface area contributed by atoms with Gasteiger partial charge in [0.25, 0.3) is 5.69 Å². The third kappa shape index (κ3) is 3.79. The highest BCUT2D eigenvalue weighted by atomic mass is 35.5. The Morgan fingerprint density at radius 1 is 1.33 bits per heavy atom. The summed E-state index contributed by atoms with van der Waals surface area (Å²) < 4.78 is 5.46. The average Bonchev–Trinajstić information content (AvgIpc) is 2.48. The summed E-state index contributed by atoms with van der Waals surface area (Å²) in [6.07, 6.45) is 1.49. The molecule has 5 nitrogen and oxygen atoms in total. The van der Waals surface area contributed by atoms with Crippen LogP contribution in [0.5, 0.6) is 5.75 Å². The van der Waals surface area contributed by atoms with Crippen LogP contribution in [0, 0.1) is 10.1 Å². The summed E-state index contributed by atoms with van der Waals surface area (Å²) in [4.78, 5) is 14.6. The largest absolute Gasteiger partial charge is 0.492 e. The van der Waals surface area contributed by atoms with Crippen molar-refractivity contribution < 1.29 is 9.66 Å². The predicted molar refractivity (Wildman–Crippen MR) is 83.0 cm³/mol. The lowest BCUT2D eigenvalue weighted by Gasteiger charge is -2.05. The van der Waals surface area contributed by atoms with E-state index in [4.69, 9.17) is 16.3 Å². The third-order valence-corrected chi connectivity index (χ3v) is 3.04. The fourth-order valence-corrected chi connectivity index (χ4v) is 1.89. The summed E-state index contributed by atoms with van der Waals surface area (Å²) in [6, 6.07) is 11.5. The molecular weight excluding hydrogens is 292 g/mol. The molecule has 108 valence electrons. The van der Waals surface area contributed by atoms with Crippen molar-refractivity contribution in [1.82, 2.24) is 0 Å². The maximum absolute atomic E-state index is 10.8. The van der Waals surface area contributed by atoms with Crippen LogP contribution in [-0.4, -0.2) is 17.7 Å². The van der Waals surface area contributed by atoms with Gasteiger partial charge in [-0.25, -0.2) is 0 Å². The molecule has 21 heavy (non-hydrogen) atoms. The van der Waals surface area contributed by atoms with Crippen LogP contribution < -0.4 is 4.74 Å². The first kappa shape index (κ1) is 15.0. The second-order valence-corrected chi connectivity index (χ2v) is 4.53. The molecule has 2 aromatic carbocycles. The molecule has 0 bridgehead atoms. The Balaban J connectivity index is 2.33. The normalized spacial score (nSPS) is 10.8. The summed E-state index contributed by atoms with van der Waals surface area (Å²) in [5, 5.41) is 11.2. The van der Waals surface area contributed by atoms with Crippen molar-refractivity contribution in [3.05, 3.63) is 63.2 Å². The van der Waals surface area contributed by atoms with Gasteiger partial charge >= 0.3 is 0 Å². The fourth-order valence-electron chi connectivity index (χ4n) is 1.72. The Bertz CT molecular complexity index is 686. The number of nitrogens with zero attached hydrogens (tertiary/aromatic N) is 2. The van der Waals surface area contributed by atoms with E-state index in [1.54, 1.807) is 6.07 Å². The molecule has 0 aliphatic rings. The number of nitro groups is 1. The smallest absolute Gasteiger partial charge is 0.270 e. The van der Waals surface area contributed by atoms with Crippen molar-refractivity contribution >= 4 is 29.2 Å². The molecule has 0 amide bonds. The maximum atomic E-state index is 10.8. The zero-order valence-corrected chi connectivity index (χ0v) is 12.1. The quantitative estimate of drug-likeness (QED) is 0.467. The van der Waals surface area contributed by atoms with Crippen LogP contribution in [0.1, 0.15) is 12.5 Å². The Hall–Kier alpha value is -2.40. The van der Waals surface area contributed by atoms with Crippen molar-refractivity contribution in [1.29, 1.82) is 0 Å². The minimum Gasteiger partial charge on any atom is -0.492 e. The van der Waals surface area contributed by atoms with E-state index in [0.29, 0.717) is 28.6 Å². The van der Waals surface area contributed by atoms with Crippen molar-refractivity contribution in [2.45, 2.75) is 6.92 Å². The van der Waals surface area contributed by atoms with E-state index >= 15 is 0 Å². The molecule has 0 aliphatic carbocycles. The van der Waals surface area contributed by atoms with Crippen LogP contribution in [0.2, 0.25) is 5.02 Å². The zero-order valence-electron chi connectivity index (χ0n) is 11.3. The Morgan fingerprint density at radius 2 is 2.10 bits per heavy atom. The standard InChI is InChI=1S/C15H13ClN2O3/c1-2-21-15-6-4-3-5-14(15)17-10-11-9-12(18(19)20)7-8-13(11)16/h3-10H,2H2,1H3. The number of para-hydroxylation sites is 2. The van der Waals surface area contributed by atoms with Gasteiger partial charge in [0.1, 0.15) is 11.4 Å². The molecule has 0 atom stereocenters. The Morgan fingerprint density at radius 3 is 2.81 bits per heavy atom. The molecule has 0 aliphatic heterocycles. The van der Waals surface area contributed by atoms with Crippen LogP contribution in [0.4, 0.5) is 11.4 Å². The number of halogens is 1. The van der Waals surface area contributed by atoms with E-state index < -0.39 is 4.92 Å². The molecule has 2 rings (SSSR count). The van der Waals surface area contributed by atoms with Crippen molar-refractivity contribution in [2.75, 3.05) is 6.61 Å². The van der Waals surface area contributed by atoms with E-state index in [0.717, 1.165) is 0 Å². The SMILES string of the molecule is CCOc1ccccc1N=Cc1cc([N+](=O)[O-])ccc1Cl. The lowest BCUT2D eigenvalue weighted by Crippen LogP contribution is -1.92. The topological polar surface area (TPSA) is 64.7 Å². The molecular formula is C15H13ClN2O3. The van der Waals surface area contributed by atoms with Gasteiger partial charge in [-0.3, -0.25) is 15.1 Å². The van der Waals surface area contributed by atoms with Crippen molar-refractivity contribution in [3.8, 4) is 5.75 Å². The van der Waals surface area contributed by atoms with E-state index in [2.05, 4.69) is 4.99 Å². The van der Waals surface area contributed by atoms with Crippen molar-refractivity contribution in [3.63, 3.8) is 0 Å². The number of benzene rings is 2. The van der Waals surface area contributed by atoms with Gasteiger partial charge in [0.15, 0.2) is 0 Å². The molecule has 0 radical (unpaired) electrons. The van der Waals surface area contributed by atoms with Gasteiger partial charge in [-0.1, -0.05) is 23.7 Å². The summed E-state index contributed by atoms with van der Waals surface area (Å²) >= 11 is 6.02. The Labute approximate surface area is 127 Å². The summed E-state index contributed by atoms with van der Waals surface area (Å²) in [5.41, 5.74) is 1.10. The van der Waals surface area contributed by atoms with Gasteiger partial charge in [-0.15, -0.1) is 0 Å². The van der Waals surface area contributed by atoms with Gasteiger partial charge in [0.2, 0.25) is 0 Å². The second-order valence-electron chi connectivity index (χ2n) is 4.12. The first-order valence-electron chi connectivity index (χ1n) is 6.31. The fraction of sp³-hybridized carbons (Fsp3) is 0.133. The summed E-state index contributed by atoms with van der Waals surface area (Å²) in [5.74, 6) is 0.651. The average molecular weight is 305 g/mol. The van der Waals surface area contributed by atoms with Gasteiger partial charge in [0.05, 0.1) is 11.5 Å². The third-order valence-electron chi connectivity index (χ3n) is 2.70. The molecule has 0 unspecified atom stereocenters. The zero-order chi connectivity index (χ0) is 15.2. The van der Waals surface area contributed by atoms with Gasteiger partial charge < -0.3 is 4.74 Å². The van der Waals surface area contributed by atoms with Gasteiger partial charge in [-0.2, -0.15) is 0 Å². The molecule has 0 saturated heterocycles. The number of rotatable bonds is 5. The molecule has 0 saturated carbocycles. The highest BCUT2D eigenvalue weighted by Crippen LogP contribution is 2.27. The molecule has 0 N–H and O–H groups in total. The maximum Gasteiger partial charge on any atom is 0.270 e. The minimum atomic E-state index is -0.470. The number of aliphatic imine (C=N–C) groups is 1. The van der Waals surface area contributed by atoms with E-state index in [9.17, 15) is 10.1 Å². The van der Waals surface area contributed by atoms with Gasteiger partial charge in [0, 0.05) is 28.9 Å². The number of ether oxygens (including phenoxy) is 1. The van der Waals surface area contributed by atoms with Crippen LogP contribution in [0.3, 0.4) is 0 Å². The van der Waals surface area contributed by atoms with Crippen LogP contribution >= 0.6 is 11.6 Å². The monoisotopic (exact) mass is 304 g/mol. The number of hydrogen-bond donors (Lipinski definition) is 0. The van der Waals surface area contributed by atoms with E-state index in [1.165, 1.54) is 24.4 Å². The molecule has 2 aromatic rings. The Kier molecular flexibility index (Phi) is 4.90. The van der Waals surface area contributed by atoms with Crippen LogP contribution in [0.25, 0.3) is 0 Å². The first-order valence-corrected chi connectivity index (χ1v) is 6.69. The summed E-state index contributed by atoms with van der Waals surface area (Å²) in [7, 11) is 0. The van der Waals surface area contributed by atoms with Crippen molar-refractivity contribution in [2.24, 2.45) is 4.99 Å². The van der Waals surface area contributed by atoms with E-state index in [-0.39, 0.29) is 5.69 Å². The molecule has 0 spiro atoms. The number of hydrogen-bond acceptors (Lipinski definition) is 4. The molecule has 0 aromatic heterocycles. The highest BCUT2D eigenvalue weighted by molar-refractivity contribution is 6.33. The van der Waals surface area contributed by atoms with E-state index in [1.807, 2.05) is 25.1 Å². The lowest BCUT2D eigenvalue weighted by molar-refractivity contribution is -0.384. The minimum absolute atomic E-state index is 0.0288. The molecule has 6 heteroatoms. The van der Waals surface area contributed by atoms with Crippen LogP contribution in [-0.2, 0) is 0 Å². The molecule has 0 heterocycles. The number of nitro benzene ring substituents is 1. The van der Waals surface area contributed by atoms with Crippen LogP contribution in [0.15, 0.2) is 47.5 Å². The van der Waals surface area contributed by atoms with Gasteiger partial charge in [-0.05, 0) is 25.1 Å². The second kappa shape index (κ2) is 6.85. The first-order chi connectivity index (χ1) is 10.1. The number of non-ortho nitro benzene ring substituents is 1. The highest BCUT2D eigenvalue weighted by Gasteiger charge is 2.08. The predicted octanol–water partition coefficient (Wildman–Crippen LogP) is 4.40. The lowest BCUT2D eigenvalue weighted by atomic mass is 10.2. The molecule has 0 fully saturated rings.